The Morgan fingerprint density at radius 1 is 1.36 bits per heavy atom. The van der Waals surface area contributed by atoms with E-state index < -0.39 is 0 Å². The molecule has 2 heterocycles. The van der Waals surface area contributed by atoms with Gasteiger partial charge in [0, 0.05) is 11.8 Å². The Balaban J connectivity index is 1.95. The van der Waals surface area contributed by atoms with E-state index in [-0.39, 0.29) is 0 Å². The van der Waals surface area contributed by atoms with Crippen molar-refractivity contribution in [3.8, 4) is 5.88 Å². The first-order chi connectivity index (χ1) is 6.84. The number of nitrogens with one attached hydrogen (secondary N) is 1. The number of rotatable bonds is 2. The van der Waals surface area contributed by atoms with Crippen molar-refractivity contribution in [1.82, 2.24) is 10.3 Å². The molecular formula is C11H16N2O. The molecule has 1 N–H and O–H groups in total. The van der Waals surface area contributed by atoms with Crippen molar-refractivity contribution in [2.45, 2.75) is 25.9 Å². The zero-order valence-electron chi connectivity index (χ0n) is 8.49. The van der Waals surface area contributed by atoms with Gasteiger partial charge in [-0.2, -0.15) is 0 Å². The molecule has 14 heavy (non-hydrogen) atoms. The van der Waals surface area contributed by atoms with Crippen molar-refractivity contribution in [3.05, 3.63) is 23.9 Å². The summed E-state index contributed by atoms with van der Waals surface area (Å²) in [5.74, 6) is 0.761. The van der Waals surface area contributed by atoms with E-state index in [0.29, 0.717) is 6.10 Å². The van der Waals surface area contributed by atoms with Gasteiger partial charge < -0.3 is 10.1 Å². The Morgan fingerprint density at radius 3 is 2.86 bits per heavy atom. The third kappa shape index (κ3) is 2.45. The van der Waals surface area contributed by atoms with Crippen molar-refractivity contribution in [3.63, 3.8) is 0 Å². The van der Waals surface area contributed by atoms with Gasteiger partial charge in [-0.3, -0.25) is 0 Å². The highest BCUT2D eigenvalue weighted by molar-refractivity contribution is 5.14. The number of ether oxygens (including phenoxy) is 1. The normalized spacial score (nSPS) is 18.1. The third-order valence-corrected chi connectivity index (χ3v) is 2.44. The van der Waals surface area contributed by atoms with Crippen LogP contribution in [0.4, 0.5) is 0 Å². The summed E-state index contributed by atoms with van der Waals surface area (Å²) in [5, 5.41) is 3.31. The second-order valence-electron chi connectivity index (χ2n) is 3.68. The molecule has 1 saturated heterocycles. The number of piperidine rings is 1. The van der Waals surface area contributed by atoms with E-state index in [4.69, 9.17) is 4.74 Å². The van der Waals surface area contributed by atoms with E-state index in [9.17, 15) is 0 Å². The SMILES string of the molecule is Cc1cccc(OC2CCNCC2)n1. The summed E-state index contributed by atoms with van der Waals surface area (Å²) in [6.07, 6.45) is 2.50. The Morgan fingerprint density at radius 2 is 2.14 bits per heavy atom. The fourth-order valence-electron chi connectivity index (χ4n) is 1.67. The molecule has 2 rings (SSSR count). The van der Waals surface area contributed by atoms with Crippen LogP contribution in [0.15, 0.2) is 18.2 Å². The first-order valence-electron chi connectivity index (χ1n) is 5.15. The highest BCUT2D eigenvalue weighted by Gasteiger charge is 2.14. The average molecular weight is 192 g/mol. The van der Waals surface area contributed by atoms with Gasteiger partial charge in [0.25, 0.3) is 0 Å². The van der Waals surface area contributed by atoms with Crippen LogP contribution in [-0.2, 0) is 0 Å². The van der Waals surface area contributed by atoms with E-state index in [1.54, 1.807) is 0 Å². The van der Waals surface area contributed by atoms with Crippen LogP contribution < -0.4 is 10.1 Å². The van der Waals surface area contributed by atoms with Crippen LogP contribution in [0.1, 0.15) is 18.5 Å². The first-order valence-corrected chi connectivity index (χ1v) is 5.15. The van der Waals surface area contributed by atoms with Crippen molar-refractivity contribution >= 4 is 0 Å². The van der Waals surface area contributed by atoms with Crippen LogP contribution in [0.2, 0.25) is 0 Å². The number of pyridine rings is 1. The van der Waals surface area contributed by atoms with Gasteiger partial charge in [-0.25, -0.2) is 4.98 Å². The zero-order chi connectivity index (χ0) is 9.80. The van der Waals surface area contributed by atoms with Gasteiger partial charge in [0.05, 0.1) is 0 Å². The fraction of sp³-hybridized carbons (Fsp3) is 0.545. The third-order valence-electron chi connectivity index (χ3n) is 2.44. The molecular weight excluding hydrogens is 176 g/mol. The summed E-state index contributed by atoms with van der Waals surface area (Å²) in [6, 6.07) is 5.89. The molecule has 3 heteroatoms. The summed E-state index contributed by atoms with van der Waals surface area (Å²) in [6.45, 7) is 4.09. The maximum absolute atomic E-state index is 5.78. The Hall–Kier alpha value is -1.09. The summed E-state index contributed by atoms with van der Waals surface area (Å²) < 4.78 is 5.78. The Bertz CT molecular complexity index is 295. The lowest BCUT2D eigenvalue weighted by atomic mass is 10.1. The van der Waals surface area contributed by atoms with E-state index in [0.717, 1.165) is 37.5 Å². The van der Waals surface area contributed by atoms with Crippen LogP contribution in [0.3, 0.4) is 0 Å². The topological polar surface area (TPSA) is 34.1 Å². The maximum Gasteiger partial charge on any atom is 0.213 e. The molecule has 0 atom stereocenters. The van der Waals surface area contributed by atoms with Crippen LogP contribution in [0.5, 0.6) is 5.88 Å². The van der Waals surface area contributed by atoms with Crippen LogP contribution in [0, 0.1) is 6.92 Å². The lowest BCUT2D eigenvalue weighted by molar-refractivity contribution is 0.155. The predicted octanol–water partition coefficient (Wildman–Crippen LogP) is 1.52. The minimum atomic E-state index is 0.338. The fourth-order valence-corrected chi connectivity index (χ4v) is 1.67. The second kappa shape index (κ2) is 4.42. The molecule has 1 fully saturated rings. The lowest BCUT2D eigenvalue weighted by Gasteiger charge is -2.23. The van der Waals surface area contributed by atoms with Gasteiger partial charge in [0.15, 0.2) is 0 Å². The number of nitrogens with zero attached hydrogens (tertiary/aromatic N) is 1. The number of aryl methyl sites for hydroxylation is 1. The van der Waals surface area contributed by atoms with Gasteiger partial charge in [0.2, 0.25) is 5.88 Å². The molecule has 0 spiro atoms. The maximum atomic E-state index is 5.78. The van der Waals surface area contributed by atoms with Crippen molar-refractivity contribution in [2.75, 3.05) is 13.1 Å². The van der Waals surface area contributed by atoms with E-state index in [1.807, 2.05) is 25.1 Å². The number of aromatic nitrogens is 1. The Kier molecular flexibility index (Phi) is 2.99. The van der Waals surface area contributed by atoms with Crippen LogP contribution in [0.25, 0.3) is 0 Å². The molecule has 1 aliphatic heterocycles. The second-order valence-corrected chi connectivity index (χ2v) is 3.68. The summed E-state index contributed by atoms with van der Waals surface area (Å²) in [4.78, 5) is 4.32. The molecule has 0 saturated carbocycles. The molecule has 0 radical (unpaired) electrons. The average Bonchev–Trinajstić information content (AvgIpc) is 2.19. The van der Waals surface area contributed by atoms with Gasteiger partial charge in [0.1, 0.15) is 6.10 Å². The molecule has 1 aliphatic rings. The standard InChI is InChI=1S/C11H16N2O/c1-9-3-2-4-11(13-9)14-10-5-7-12-8-6-10/h2-4,10,12H,5-8H2,1H3. The number of hydrogen-bond acceptors (Lipinski definition) is 3. The van der Waals surface area contributed by atoms with Crippen molar-refractivity contribution < 1.29 is 4.74 Å². The van der Waals surface area contributed by atoms with Crippen LogP contribution >= 0.6 is 0 Å². The van der Waals surface area contributed by atoms with Gasteiger partial charge in [-0.15, -0.1) is 0 Å². The molecule has 1 aromatic heterocycles. The molecule has 1 aromatic rings. The van der Waals surface area contributed by atoms with Crippen LogP contribution in [-0.4, -0.2) is 24.2 Å². The molecule has 0 unspecified atom stereocenters. The van der Waals surface area contributed by atoms with E-state index in [2.05, 4.69) is 10.3 Å². The molecule has 0 aromatic carbocycles. The van der Waals surface area contributed by atoms with Crippen molar-refractivity contribution in [2.24, 2.45) is 0 Å². The molecule has 76 valence electrons. The largest absolute Gasteiger partial charge is 0.474 e. The minimum Gasteiger partial charge on any atom is -0.474 e. The van der Waals surface area contributed by atoms with Gasteiger partial charge in [-0.05, 0) is 38.9 Å². The quantitative estimate of drug-likeness (QED) is 0.771. The van der Waals surface area contributed by atoms with Crippen molar-refractivity contribution in [1.29, 1.82) is 0 Å². The first kappa shape index (κ1) is 9.46. The van der Waals surface area contributed by atoms with E-state index >= 15 is 0 Å². The lowest BCUT2D eigenvalue weighted by Crippen LogP contribution is -2.34. The Labute approximate surface area is 84.5 Å². The summed E-state index contributed by atoms with van der Waals surface area (Å²) in [7, 11) is 0. The monoisotopic (exact) mass is 192 g/mol. The highest BCUT2D eigenvalue weighted by atomic mass is 16.5. The minimum absolute atomic E-state index is 0.338. The van der Waals surface area contributed by atoms with E-state index in [1.165, 1.54) is 0 Å². The predicted molar refractivity (Wildman–Crippen MR) is 55.5 cm³/mol. The van der Waals surface area contributed by atoms with Gasteiger partial charge in [-0.1, -0.05) is 6.07 Å². The summed E-state index contributed by atoms with van der Waals surface area (Å²) >= 11 is 0. The highest BCUT2D eigenvalue weighted by Crippen LogP contribution is 2.13. The molecule has 0 aliphatic carbocycles. The zero-order valence-corrected chi connectivity index (χ0v) is 8.49. The molecule has 0 bridgehead atoms. The molecule has 0 amide bonds. The number of hydrogen-bond donors (Lipinski definition) is 1. The smallest absolute Gasteiger partial charge is 0.213 e. The van der Waals surface area contributed by atoms with Gasteiger partial charge >= 0.3 is 0 Å². The molecule has 3 nitrogen and oxygen atoms in total. The summed E-state index contributed by atoms with van der Waals surface area (Å²) in [5.41, 5.74) is 1.01.